The molecule has 0 spiro atoms. The molecule has 1 rings (SSSR count). The van der Waals surface area contributed by atoms with E-state index in [4.69, 9.17) is 4.43 Å². The summed E-state index contributed by atoms with van der Waals surface area (Å²) in [4.78, 5) is 11.9. The average molecular weight is 292 g/mol. The van der Waals surface area contributed by atoms with E-state index in [9.17, 15) is 4.79 Å². The Morgan fingerprint density at radius 3 is 2.20 bits per heavy atom. The quantitative estimate of drug-likeness (QED) is 0.716. The van der Waals surface area contributed by atoms with E-state index < -0.39 is 8.32 Å². The van der Waals surface area contributed by atoms with Crippen molar-refractivity contribution >= 4 is 14.1 Å². The van der Waals surface area contributed by atoms with E-state index >= 15 is 0 Å². The van der Waals surface area contributed by atoms with Crippen LogP contribution in [0.1, 0.15) is 39.7 Å². The molecule has 0 aliphatic carbocycles. The van der Waals surface area contributed by atoms with Gasteiger partial charge in [0.25, 0.3) is 0 Å². The predicted molar refractivity (Wildman–Crippen MR) is 87.5 cm³/mol. The van der Waals surface area contributed by atoms with Gasteiger partial charge in [-0.1, -0.05) is 51.1 Å². The average Bonchev–Trinajstić information content (AvgIpc) is 2.34. The van der Waals surface area contributed by atoms with Gasteiger partial charge in [-0.15, -0.1) is 0 Å². The van der Waals surface area contributed by atoms with Crippen molar-refractivity contribution in [3.8, 4) is 0 Å². The number of Topliss-reactive ketones (excluding diaryl/α,β-unsaturated/α-hetero) is 1. The van der Waals surface area contributed by atoms with Gasteiger partial charge in [-0.05, 0) is 43.5 Å². The van der Waals surface area contributed by atoms with Gasteiger partial charge < -0.3 is 4.43 Å². The number of ketones is 1. The van der Waals surface area contributed by atoms with E-state index in [0.717, 1.165) is 12.8 Å². The second-order valence-corrected chi connectivity index (χ2v) is 11.8. The first-order valence-corrected chi connectivity index (χ1v) is 10.3. The second-order valence-electron chi connectivity index (χ2n) is 7.00. The fraction of sp³-hybridized carbons (Fsp3) is 0.588. The maximum atomic E-state index is 11.9. The van der Waals surface area contributed by atoms with Crippen LogP contribution >= 0.6 is 0 Å². The summed E-state index contributed by atoms with van der Waals surface area (Å²) in [5, 5.41) is 0.132. The van der Waals surface area contributed by atoms with Crippen LogP contribution in [0.4, 0.5) is 0 Å². The molecule has 0 saturated heterocycles. The molecule has 0 aromatic heterocycles. The molecule has 2 nitrogen and oxygen atoms in total. The molecule has 0 aliphatic heterocycles. The van der Waals surface area contributed by atoms with E-state index in [1.54, 1.807) is 6.92 Å². The summed E-state index contributed by atoms with van der Waals surface area (Å²) in [6.45, 7) is 12.6. The molecule has 112 valence electrons. The van der Waals surface area contributed by atoms with E-state index in [0.29, 0.717) is 0 Å². The first-order valence-electron chi connectivity index (χ1n) is 7.36. The first kappa shape index (κ1) is 17.1. The molecule has 1 aromatic carbocycles. The van der Waals surface area contributed by atoms with E-state index in [1.165, 1.54) is 5.56 Å². The third kappa shape index (κ3) is 4.87. The molecule has 0 amide bonds. The third-order valence-electron chi connectivity index (χ3n) is 4.23. The molecule has 0 N–H and O–H groups in total. The smallest absolute Gasteiger partial charge is 0.193 e. The number of aryl methyl sites for hydroxylation is 1. The standard InChI is InChI=1S/C17H28O2Si/c1-14(18)16(19-20(5,6)17(2,3)4)13-12-15-10-8-7-9-11-15/h7-11,16H,12-13H2,1-6H3. The fourth-order valence-corrected chi connectivity index (χ4v) is 3.17. The fourth-order valence-electron chi connectivity index (χ4n) is 1.82. The van der Waals surface area contributed by atoms with Crippen LogP contribution < -0.4 is 0 Å². The van der Waals surface area contributed by atoms with Gasteiger partial charge in [0.1, 0.15) is 6.10 Å². The van der Waals surface area contributed by atoms with Gasteiger partial charge in [0.15, 0.2) is 14.1 Å². The summed E-state index contributed by atoms with van der Waals surface area (Å²) < 4.78 is 6.27. The van der Waals surface area contributed by atoms with Gasteiger partial charge in [-0.25, -0.2) is 0 Å². The lowest BCUT2D eigenvalue weighted by atomic mass is 10.1. The predicted octanol–water partition coefficient (Wildman–Crippen LogP) is 4.60. The van der Waals surface area contributed by atoms with Gasteiger partial charge >= 0.3 is 0 Å². The molecule has 0 fully saturated rings. The Balaban J connectivity index is 2.69. The molecule has 0 radical (unpaired) electrons. The van der Waals surface area contributed by atoms with Gasteiger partial charge in [-0.3, -0.25) is 4.79 Å². The van der Waals surface area contributed by atoms with Crippen LogP contribution in [0.3, 0.4) is 0 Å². The van der Waals surface area contributed by atoms with Crippen molar-refractivity contribution in [2.24, 2.45) is 0 Å². The van der Waals surface area contributed by atoms with Crippen molar-refractivity contribution in [3.05, 3.63) is 35.9 Å². The normalized spacial score (nSPS) is 14.1. The van der Waals surface area contributed by atoms with Gasteiger partial charge in [0, 0.05) is 0 Å². The van der Waals surface area contributed by atoms with Crippen molar-refractivity contribution in [1.82, 2.24) is 0 Å². The van der Waals surface area contributed by atoms with Crippen molar-refractivity contribution in [2.45, 2.75) is 64.8 Å². The summed E-state index contributed by atoms with van der Waals surface area (Å²) in [6.07, 6.45) is 1.39. The minimum Gasteiger partial charge on any atom is -0.407 e. The summed E-state index contributed by atoms with van der Waals surface area (Å²) in [6, 6.07) is 10.3. The van der Waals surface area contributed by atoms with Crippen molar-refractivity contribution in [2.75, 3.05) is 0 Å². The lowest BCUT2D eigenvalue weighted by Crippen LogP contribution is -2.45. The highest BCUT2D eigenvalue weighted by atomic mass is 28.4. The highest BCUT2D eigenvalue weighted by molar-refractivity contribution is 6.74. The Bertz CT molecular complexity index is 432. The molecule has 0 saturated carbocycles. The van der Waals surface area contributed by atoms with Gasteiger partial charge in [0.2, 0.25) is 0 Å². The van der Waals surface area contributed by atoms with Gasteiger partial charge in [0.05, 0.1) is 0 Å². The Labute approximate surface area is 124 Å². The van der Waals surface area contributed by atoms with E-state index in [-0.39, 0.29) is 16.9 Å². The van der Waals surface area contributed by atoms with Crippen LogP contribution in [0.5, 0.6) is 0 Å². The van der Waals surface area contributed by atoms with Crippen LogP contribution in [0, 0.1) is 0 Å². The SMILES string of the molecule is CC(=O)C(CCc1ccccc1)O[Si](C)(C)C(C)(C)C. The van der Waals surface area contributed by atoms with Gasteiger partial charge in [-0.2, -0.15) is 0 Å². The molecule has 1 unspecified atom stereocenters. The lowest BCUT2D eigenvalue weighted by Gasteiger charge is -2.38. The number of hydrogen-bond acceptors (Lipinski definition) is 2. The first-order chi connectivity index (χ1) is 9.13. The minimum absolute atomic E-state index is 0.132. The zero-order chi connectivity index (χ0) is 15.4. The molecule has 1 atom stereocenters. The Kier molecular flexibility index (Phi) is 5.72. The topological polar surface area (TPSA) is 26.3 Å². The van der Waals surface area contributed by atoms with Crippen molar-refractivity contribution < 1.29 is 9.22 Å². The van der Waals surface area contributed by atoms with Crippen LogP contribution in [0.2, 0.25) is 18.1 Å². The summed E-state index contributed by atoms with van der Waals surface area (Å²) in [5.74, 6) is 0.144. The summed E-state index contributed by atoms with van der Waals surface area (Å²) >= 11 is 0. The highest BCUT2D eigenvalue weighted by Gasteiger charge is 2.39. The zero-order valence-corrected chi connectivity index (χ0v) is 14.7. The molecular formula is C17H28O2Si. The number of benzene rings is 1. The Morgan fingerprint density at radius 2 is 1.75 bits per heavy atom. The number of carbonyl (C=O) groups is 1. The molecule has 0 heterocycles. The molecule has 0 bridgehead atoms. The molecular weight excluding hydrogens is 264 g/mol. The molecule has 20 heavy (non-hydrogen) atoms. The molecule has 0 aliphatic rings. The minimum atomic E-state index is -1.89. The van der Waals surface area contributed by atoms with E-state index in [1.807, 2.05) is 18.2 Å². The Hall–Kier alpha value is -0.933. The van der Waals surface area contributed by atoms with Crippen LogP contribution in [-0.2, 0) is 15.6 Å². The number of hydrogen-bond donors (Lipinski definition) is 0. The third-order valence-corrected chi connectivity index (χ3v) is 8.72. The molecule has 1 aromatic rings. The number of rotatable bonds is 6. The lowest BCUT2D eigenvalue weighted by molar-refractivity contribution is -0.124. The summed E-state index contributed by atoms with van der Waals surface area (Å²) in [5.41, 5.74) is 1.26. The van der Waals surface area contributed by atoms with Crippen LogP contribution in [-0.4, -0.2) is 20.2 Å². The largest absolute Gasteiger partial charge is 0.407 e. The monoisotopic (exact) mass is 292 g/mol. The van der Waals surface area contributed by atoms with Crippen molar-refractivity contribution in [3.63, 3.8) is 0 Å². The van der Waals surface area contributed by atoms with Crippen molar-refractivity contribution in [1.29, 1.82) is 0 Å². The zero-order valence-electron chi connectivity index (χ0n) is 13.7. The second kappa shape index (κ2) is 6.68. The highest BCUT2D eigenvalue weighted by Crippen LogP contribution is 2.37. The van der Waals surface area contributed by atoms with Crippen LogP contribution in [0.15, 0.2) is 30.3 Å². The molecule has 3 heteroatoms. The maximum absolute atomic E-state index is 11.9. The number of carbonyl (C=O) groups excluding carboxylic acids is 1. The summed E-state index contributed by atoms with van der Waals surface area (Å²) in [7, 11) is -1.89. The van der Waals surface area contributed by atoms with Crippen LogP contribution in [0.25, 0.3) is 0 Å². The Morgan fingerprint density at radius 1 is 1.20 bits per heavy atom. The maximum Gasteiger partial charge on any atom is 0.193 e. The van der Waals surface area contributed by atoms with E-state index in [2.05, 4.69) is 46.0 Å².